The molecule has 0 aliphatic rings. The van der Waals surface area contributed by atoms with Crippen LogP contribution in [-0.2, 0) is 0 Å². The van der Waals surface area contributed by atoms with Gasteiger partial charge in [0.25, 0.3) is 0 Å². The summed E-state index contributed by atoms with van der Waals surface area (Å²) in [5, 5.41) is 10.6. The van der Waals surface area contributed by atoms with Crippen molar-refractivity contribution in [3.05, 3.63) is 61.1 Å². The highest BCUT2D eigenvalue weighted by Gasteiger charge is 2.18. The van der Waals surface area contributed by atoms with E-state index in [0.29, 0.717) is 5.75 Å². The van der Waals surface area contributed by atoms with E-state index in [1.807, 2.05) is 43.3 Å². The van der Waals surface area contributed by atoms with Crippen molar-refractivity contribution in [1.82, 2.24) is 0 Å². The number of benzene rings is 2. The molecule has 2 nitrogen and oxygen atoms in total. The number of rotatable bonds is 3. The normalized spacial score (nSPS) is 12.3. The summed E-state index contributed by atoms with van der Waals surface area (Å²) >= 11 is 5.67. The van der Waals surface area contributed by atoms with Crippen LogP contribution < -0.4 is 4.74 Å². The minimum atomic E-state index is -0.695. The summed E-state index contributed by atoms with van der Waals surface area (Å²) in [5.41, 5.74) is 2.76. The summed E-state index contributed by atoms with van der Waals surface area (Å²) in [5.74, 6) is 0.703. The van der Waals surface area contributed by atoms with Gasteiger partial charge >= 0.3 is 0 Å². The number of aliphatic hydroxyl groups excluding tert-OH is 1. The number of hydrogen-bond donors (Lipinski definition) is 1. The van der Waals surface area contributed by atoms with E-state index in [4.69, 9.17) is 4.74 Å². The summed E-state index contributed by atoms with van der Waals surface area (Å²) < 4.78 is 7.32. The molecule has 0 spiro atoms. The van der Waals surface area contributed by atoms with Gasteiger partial charge in [-0.25, -0.2) is 0 Å². The Bertz CT molecular complexity index is 599. The lowest BCUT2D eigenvalue weighted by Gasteiger charge is -2.17. The van der Waals surface area contributed by atoms with Gasteiger partial charge in [-0.3, -0.25) is 0 Å². The molecule has 1 N–H and O–H groups in total. The van der Waals surface area contributed by atoms with Crippen molar-refractivity contribution in [3.63, 3.8) is 0 Å². The van der Waals surface area contributed by atoms with Crippen LogP contribution in [0.3, 0.4) is 0 Å². The molecular formula is C15H14BrIO2. The van der Waals surface area contributed by atoms with E-state index < -0.39 is 6.10 Å². The van der Waals surface area contributed by atoms with Gasteiger partial charge in [-0.15, -0.1) is 0 Å². The first-order valence-electron chi connectivity index (χ1n) is 5.80. The SMILES string of the molecule is COc1ccc(C)cc1C(O)c1cc(Br)ccc1I. The third kappa shape index (κ3) is 3.30. The average molecular weight is 433 g/mol. The smallest absolute Gasteiger partial charge is 0.125 e. The quantitative estimate of drug-likeness (QED) is 0.726. The molecule has 1 atom stereocenters. The molecule has 4 heteroatoms. The van der Waals surface area contributed by atoms with E-state index in [1.54, 1.807) is 7.11 Å². The zero-order chi connectivity index (χ0) is 14.0. The van der Waals surface area contributed by atoms with Crippen LogP contribution in [0.1, 0.15) is 22.8 Å². The van der Waals surface area contributed by atoms with E-state index in [9.17, 15) is 5.11 Å². The van der Waals surface area contributed by atoms with Crippen molar-refractivity contribution in [2.75, 3.05) is 7.11 Å². The Morgan fingerprint density at radius 1 is 1.16 bits per heavy atom. The Labute approximate surface area is 135 Å². The summed E-state index contributed by atoms with van der Waals surface area (Å²) in [7, 11) is 1.62. The highest BCUT2D eigenvalue weighted by atomic mass is 127. The summed E-state index contributed by atoms with van der Waals surface area (Å²) in [4.78, 5) is 0. The highest BCUT2D eigenvalue weighted by molar-refractivity contribution is 14.1. The van der Waals surface area contributed by atoms with Gasteiger partial charge in [0.2, 0.25) is 0 Å². The van der Waals surface area contributed by atoms with Gasteiger partial charge in [-0.05, 0) is 65.4 Å². The van der Waals surface area contributed by atoms with Crippen molar-refractivity contribution < 1.29 is 9.84 Å². The molecule has 0 bridgehead atoms. The van der Waals surface area contributed by atoms with Gasteiger partial charge in [0.1, 0.15) is 11.9 Å². The van der Waals surface area contributed by atoms with Crippen molar-refractivity contribution in [3.8, 4) is 5.75 Å². The number of aryl methyl sites for hydroxylation is 1. The van der Waals surface area contributed by atoms with Crippen LogP contribution in [0.5, 0.6) is 5.75 Å². The molecule has 0 saturated heterocycles. The second kappa shape index (κ2) is 6.24. The summed E-state index contributed by atoms with van der Waals surface area (Å²) in [6, 6.07) is 11.7. The van der Waals surface area contributed by atoms with Gasteiger partial charge in [0.05, 0.1) is 7.11 Å². The predicted molar refractivity (Wildman–Crippen MR) is 88.7 cm³/mol. The molecule has 2 aromatic rings. The second-order valence-corrected chi connectivity index (χ2v) is 6.39. The number of aliphatic hydroxyl groups is 1. The standard InChI is InChI=1S/C15H14BrIO2/c1-9-3-6-14(19-2)12(7-9)15(18)11-8-10(16)4-5-13(11)17/h3-8,15,18H,1-2H3. The second-order valence-electron chi connectivity index (χ2n) is 4.31. The van der Waals surface area contributed by atoms with Gasteiger partial charge in [0, 0.05) is 13.6 Å². The van der Waals surface area contributed by atoms with Gasteiger partial charge in [-0.2, -0.15) is 0 Å². The number of hydrogen-bond acceptors (Lipinski definition) is 2. The van der Waals surface area contributed by atoms with Gasteiger partial charge in [0.15, 0.2) is 0 Å². The van der Waals surface area contributed by atoms with Crippen molar-refractivity contribution in [2.45, 2.75) is 13.0 Å². The minimum Gasteiger partial charge on any atom is -0.496 e. The zero-order valence-electron chi connectivity index (χ0n) is 10.7. The molecule has 19 heavy (non-hydrogen) atoms. The van der Waals surface area contributed by atoms with Crippen molar-refractivity contribution >= 4 is 38.5 Å². The predicted octanol–water partition coefficient (Wildman–Crippen LogP) is 4.45. The third-order valence-electron chi connectivity index (χ3n) is 2.93. The molecule has 0 saturated carbocycles. The fourth-order valence-corrected chi connectivity index (χ4v) is 2.97. The molecule has 0 aliphatic heterocycles. The van der Waals surface area contributed by atoms with E-state index >= 15 is 0 Å². The van der Waals surface area contributed by atoms with E-state index in [0.717, 1.165) is 24.7 Å². The fraction of sp³-hybridized carbons (Fsp3) is 0.200. The molecule has 1 unspecified atom stereocenters. The van der Waals surface area contributed by atoms with Gasteiger partial charge in [-0.1, -0.05) is 27.6 Å². The summed E-state index contributed by atoms with van der Waals surface area (Å²) in [6.45, 7) is 2.00. The fourth-order valence-electron chi connectivity index (χ4n) is 1.96. The third-order valence-corrected chi connectivity index (χ3v) is 4.41. The zero-order valence-corrected chi connectivity index (χ0v) is 14.4. The van der Waals surface area contributed by atoms with E-state index in [2.05, 4.69) is 38.5 Å². The lowest BCUT2D eigenvalue weighted by Crippen LogP contribution is -2.05. The van der Waals surface area contributed by atoms with Crippen molar-refractivity contribution in [2.24, 2.45) is 0 Å². The number of methoxy groups -OCH3 is 1. The highest BCUT2D eigenvalue weighted by Crippen LogP contribution is 2.34. The average Bonchev–Trinajstić information content (AvgIpc) is 2.40. The Morgan fingerprint density at radius 3 is 2.58 bits per heavy atom. The Hall–Kier alpha value is -0.590. The van der Waals surface area contributed by atoms with Gasteiger partial charge < -0.3 is 9.84 Å². The maximum Gasteiger partial charge on any atom is 0.125 e. The number of halogens is 2. The van der Waals surface area contributed by atoms with Crippen LogP contribution in [-0.4, -0.2) is 12.2 Å². The van der Waals surface area contributed by atoms with E-state index in [-0.39, 0.29) is 0 Å². The molecule has 2 aromatic carbocycles. The lowest BCUT2D eigenvalue weighted by atomic mass is 9.99. The molecule has 100 valence electrons. The van der Waals surface area contributed by atoms with Crippen LogP contribution in [0.2, 0.25) is 0 Å². The Morgan fingerprint density at radius 2 is 1.89 bits per heavy atom. The first kappa shape index (κ1) is 14.8. The number of ether oxygens (including phenoxy) is 1. The molecule has 0 heterocycles. The topological polar surface area (TPSA) is 29.5 Å². The maximum atomic E-state index is 10.6. The Kier molecular flexibility index (Phi) is 4.86. The molecule has 0 aliphatic carbocycles. The van der Waals surface area contributed by atoms with Crippen LogP contribution in [0.25, 0.3) is 0 Å². The van der Waals surface area contributed by atoms with Crippen LogP contribution >= 0.6 is 38.5 Å². The maximum absolute atomic E-state index is 10.6. The molecule has 2 rings (SSSR count). The largest absolute Gasteiger partial charge is 0.496 e. The first-order valence-corrected chi connectivity index (χ1v) is 7.67. The molecular weight excluding hydrogens is 419 g/mol. The summed E-state index contributed by atoms with van der Waals surface area (Å²) in [6.07, 6.45) is -0.695. The molecule has 0 fully saturated rings. The van der Waals surface area contributed by atoms with Crippen LogP contribution in [0.15, 0.2) is 40.9 Å². The van der Waals surface area contributed by atoms with Crippen LogP contribution in [0, 0.1) is 10.5 Å². The van der Waals surface area contributed by atoms with Crippen molar-refractivity contribution in [1.29, 1.82) is 0 Å². The Balaban J connectivity index is 2.51. The van der Waals surface area contributed by atoms with E-state index in [1.165, 1.54) is 0 Å². The van der Waals surface area contributed by atoms with Crippen LogP contribution in [0.4, 0.5) is 0 Å². The minimum absolute atomic E-state index is 0.695. The first-order chi connectivity index (χ1) is 9.02. The lowest BCUT2D eigenvalue weighted by molar-refractivity contribution is 0.213. The molecule has 0 amide bonds. The molecule has 0 radical (unpaired) electrons. The monoisotopic (exact) mass is 432 g/mol. The molecule has 0 aromatic heterocycles.